The number of hydrogen-bond donors (Lipinski definition) is 0. The maximum atomic E-state index is 12.2. The molecular weight excluding hydrogens is 236 g/mol. The SMILES string of the molecule is CCC(C)c1cccc(C(=O)OC2(C)CCCC2)c1. The summed E-state index contributed by atoms with van der Waals surface area (Å²) in [5.41, 5.74) is 1.66. The molecular formula is C17H24O2. The highest BCUT2D eigenvalue weighted by Gasteiger charge is 2.32. The standard InChI is InChI=1S/C17H24O2/c1-4-13(2)14-8-7-9-15(12-14)16(18)19-17(3)10-5-6-11-17/h7-9,12-13H,4-6,10-11H2,1-3H3. The van der Waals surface area contributed by atoms with Crippen molar-refractivity contribution in [1.29, 1.82) is 0 Å². The molecule has 0 bridgehead atoms. The molecule has 0 saturated heterocycles. The molecule has 0 N–H and O–H groups in total. The number of ether oxygens (including phenoxy) is 1. The Morgan fingerprint density at radius 2 is 2.05 bits per heavy atom. The molecule has 0 heterocycles. The van der Waals surface area contributed by atoms with E-state index in [2.05, 4.69) is 26.8 Å². The van der Waals surface area contributed by atoms with Crippen LogP contribution in [0.5, 0.6) is 0 Å². The third-order valence-corrected chi connectivity index (χ3v) is 4.30. The van der Waals surface area contributed by atoms with Gasteiger partial charge in [-0.2, -0.15) is 0 Å². The lowest BCUT2D eigenvalue weighted by Crippen LogP contribution is -2.28. The van der Waals surface area contributed by atoms with Crippen LogP contribution >= 0.6 is 0 Å². The van der Waals surface area contributed by atoms with Crippen molar-refractivity contribution in [1.82, 2.24) is 0 Å². The molecule has 1 fully saturated rings. The van der Waals surface area contributed by atoms with Crippen molar-refractivity contribution in [3.63, 3.8) is 0 Å². The summed E-state index contributed by atoms with van der Waals surface area (Å²) in [5, 5.41) is 0. The first-order valence-corrected chi connectivity index (χ1v) is 7.37. The molecule has 1 aliphatic carbocycles. The van der Waals surface area contributed by atoms with E-state index in [4.69, 9.17) is 4.74 Å². The summed E-state index contributed by atoms with van der Waals surface area (Å²) in [5.74, 6) is 0.310. The van der Waals surface area contributed by atoms with Gasteiger partial charge in [-0.25, -0.2) is 4.79 Å². The third-order valence-electron chi connectivity index (χ3n) is 4.30. The van der Waals surface area contributed by atoms with Gasteiger partial charge in [0.25, 0.3) is 0 Å². The van der Waals surface area contributed by atoms with Gasteiger partial charge in [0.15, 0.2) is 0 Å². The maximum Gasteiger partial charge on any atom is 0.338 e. The Labute approximate surface area is 116 Å². The largest absolute Gasteiger partial charge is 0.456 e. The Bertz CT molecular complexity index is 444. The summed E-state index contributed by atoms with van der Waals surface area (Å²) in [4.78, 5) is 12.2. The second-order valence-corrected chi connectivity index (χ2v) is 5.98. The molecule has 1 aliphatic rings. The first-order valence-electron chi connectivity index (χ1n) is 7.37. The molecule has 0 amide bonds. The molecule has 2 rings (SSSR count). The van der Waals surface area contributed by atoms with Crippen LogP contribution in [0, 0.1) is 0 Å². The monoisotopic (exact) mass is 260 g/mol. The van der Waals surface area contributed by atoms with E-state index in [1.165, 1.54) is 5.56 Å². The fourth-order valence-electron chi connectivity index (χ4n) is 2.72. The van der Waals surface area contributed by atoms with Gasteiger partial charge in [0.1, 0.15) is 5.60 Å². The lowest BCUT2D eigenvalue weighted by atomic mass is 9.97. The van der Waals surface area contributed by atoms with E-state index < -0.39 is 0 Å². The molecule has 0 spiro atoms. The molecule has 0 aliphatic heterocycles. The zero-order valence-electron chi connectivity index (χ0n) is 12.2. The molecule has 1 saturated carbocycles. The van der Waals surface area contributed by atoms with Crippen LogP contribution in [-0.4, -0.2) is 11.6 Å². The third kappa shape index (κ3) is 3.37. The Hall–Kier alpha value is -1.31. The van der Waals surface area contributed by atoms with E-state index >= 15 is 0 Å². The number of carbonyl (C=O) groups is 1. The Balaban J connectivity index is 2.10. The normalized spacial score (nSPS) is 19.1. The molecule has 1 atom stereocenters. The Morgan fingerprint density at radius 3 is 2.68 bits per heavy atom. The summed E-state index contributed by atoms with van der Waals surface area (Å²) in [6.07, 6.45) is 5.39. The number of rotatable bonds is 4. The van der Waals surface area contributed by atoms with Crippen LogP contribution in [0.1, 0.15) is 74.7 Å². The molecule has 19 heavy (non-hydrogen) atoms. The van der Waals surface area contributed by atoms with E-state index in [0.29, 0.717) is 11.5 Å². The van der Waals surface area contributed by atoms with Crippen LogP contribution in [0.15, 0.2) is 24.3 Å². The van der Waals surface area contributed by atoms with Gasteiger partial charge >= 0.3 is 5.97 Å². The van der Waals surface area contributed by atoms with Gasteiger partial charge in [-0.1, -0.05) is 26.0 Å². The summed E-state index contributed by atoms with van der Waals surface area (Å²) in [6, 6.07) is 7.87. The summed E-state index contributed by atoms with van der Waals surface area (Å²) >= 11 is 0. The average Bonchev–Trinajstić information content (AvgIpc) is 2.84. The first-order chi connectivity index (χ1) is 9.04. The first kappa shape index (κ1) is 14.1. The van der Waals surface area contributed by atoms with Gasteiger partial charge in [-0.3, -0.25) is 0 Å². The van der Waals surface area contributed by atoms with Crippen LogP contribution in [0.25, 0.3) is 0 Å². The van der Waals surface area contributed by atoms with Gasteiger partial charge < -0.3 is 4.74 Å². The fraction of sp³-hybridized carbons (Fsp3) is 0.588. The van der Waals surface area contributed by atoms with E-state index in [1.54, 1.807) is 0 Å². The van der Waals surface area contributed by atoms with Gasteiger partial charge in [0, 0.05) is 0 Å². The fourth-order valence-corrected chi connectivity index (χ4v) is 2.72. The maximum absolute atomic E-state index is 12.2. The topological polar surface area (TPSA) is 26.3 Å². The number of benzene rings is 1. The Kier molecular flexibility index (Phi) is 4.28. The summed E-state index contributed by atoms with van der Waals surface area (Å²) in [6.45, 7) is 6.40. The molecule has 2 nitrogen and oxygen atoms in total. The quantitative estimate of drug-likeness (QED) is 0.734. The lowest BCUT2D eigenvalue weighted by molar-refractivity contribution is -0.00609. The lowest BCUT2D eigenvalue weighted by Gasteiger charge is -2.24. The van der Waals surface area contributed by atoms with Crippen molar-refractivity contribution in [2.24, 2.45) is 0 Å². The van der Waals surface area contributed by atoms with Gasteiger partial charge in [-0.15, -0.1) is 0 Å². The molecule has 0 aromatic heterocycles. The number of carbonyl (C=O) groups excluding carboxylic acids is 1. The average molecular weight is 260 g/mol. The van der Waals surface area contributed by atoms with Gasteiger partial charge in [-0.05, 0) is 62.6 Å². The van der Waals surface area contributed by atoms with Crippen molar-refractivity contribution in [2.45, 2.75) is 64.4 Å². The molecule has 1 aromatic rings. The second kappa shape index (κ2) is 5.77. The molecule has 2 heteroatoms. The molecule has 1 unspecified atom stereocenters. The highest BCUT2D eigenvalue weighted by Crippen LogP contribution is 2.33. The van der Waals surface area contributed by atoms with Crippen LogP contribution in [-0.2, 0) is 4.74 Å². The van der Waals surface area contributed by atoms with Crippen LogP contribution in [0.4, 0.5) is 0 Å². The van der Waals surface area contributed by atoms with Crippen molar-refractivity contribution in [3.05, 3.63) is 35.4 Å². The molecule has 0 radical (unpaired) electrons. The Morgan fingerprint density at radius 1 is 1.37 bits per heavy atom. The summed E-state index contributed by atoms with van der Waals surface area (Å²) in [7, 11) is 0. The van der Waals surface area contributed by atoms with E-state index in [9.17, 15) is 4.79 Å². The zero-order valence-corrected chi connectivity index (χ0v) is 12.2. The minimum atomic E-state index is -0.247. The van der Waals surface area contributed by atoms with Gasteiger partial charge in [0.05, 0.1) is 5.56 Å². The zero-order chi connectivity index (χ0) is 13.9. The van der Waals surface area contributed by atoms with E-state index in [-0.39, 0.29) is 11.6 Å². The van der Waals surface area contributed by atoms with E-state index in [1.807, 2.05) is 18.2 Å². The van der Waals surface area contributed by atoms with Crippen LogP contribution < -0.4 is 0 Å². The molecule has 104 valence electrons. The minimum Gasteiger partial charge on any atom is -0.456 e. The van der Waals surface area contributed by atoms with Crippen molar-refractivity contribution < 1.29 is 9.53 Å². The van der Waals surface area contributed by atoms with Crippen LogP contribution in [0.3, 0.4) is 0 Å². The van der Waals surface area contributed by atoms with Gasteiger partial charge in [0.2, 0.25) is 0 Å². The number of hydrogen-bond acceptors (Lipinski definition) is 2. The van der Waals surface area contributed by atoms with Crippen molar-refractivity contribution in [3.8, 4) is 0 Å². The highest BCUT2D eigenvalue weighted by molar-refractivity contribution is 5.89. The smallest absolute Gasteiger partial charge is 0.338 e. The minimum absolute atomic E-state index is 0.172. The summed E-state index contributed by atoms with van der Waals surface area (Å²) < 4.78 is 5.71. The second-order valence-electron chi connectivity index (χ2n) is 5.98. The molecule has 1 aromatic carbocycles. The van der Waals surface area contributed by atoms with Crippen molar-refractivity contribution >= 4 is 5.97 Å². The van der Waals surface area contributed by atoms with Crippen molar-refractivity contribution in [2.75, 3.05) is 0 Å². The van der Waals surface area contributed by atoms with Crippen LogP contribution in [0.2, 0.25) is 0 Å². The van der Waals surface area contributed by atoms with E-state index in [0.717, 1.165) is 32.1 Å². The number of esters is 1. The predicted molar refractivity (Wildman–Crippen MR) is 77.4 cm³/mol. The predicted octanol–water partition coefficient (Wildman–Crippen LogP) is 4.69. The highest BCUT2D eigenvalue weighted by atomic mass is 16.6.